The molecule has 0 unspecified atom stereocenters. The summed E-state index contributed by atoms with van der Waals surface area (Å²) in [6.07, 6.45) is 5.34. The molecule has 1 fully saturated rings. The molecule has 2 rings (SSSR count). The lowest BCUT2D eigenvalue weighted by Gasteiger charge is -2.25. The van der Waals surface area contributed by atoms with Gasteiger partial charge in [-0.2, -0.15) is 0 Å². The van der Waals surface area contributed by atoms with E-state index in [2.05, 4.69) is 43.2 Å². The molecule has 3 nitrogen and oxygen atoms in total. The van der Waals surface area contributed by atoms with Crippen molar-refractivity contribution in [3.8, 4) is 5.88 Å². The summed E-state index contributed by atoms with van der Waals surface area (Å²) in [5, 5.41) is 3.37. The first-order chi connectivity index (χ1) is 9.69. The van der Waals surface area contributed by atoms with Crippen molar-refractivity contribution in [2.24, 2.45) is 5.92 Å². The Morgan fingerprint density at radius 3 is 2.75 bits per heavy atom. The van der Waals surface area contributed by atoms with E-state index in [1.54, 1.807) is 0 Å². The molecule has 0 aliphatic heterocycles. The van der Waals surface area contributed by atoms with Crippen molar-refractivity contribution >= 4 is 0 Å². The van der Waals surface area contributed by atoms with Crippen molar-refractivity contribution in [1.29, 1.82) is 0 Å². The third-order valence-electron chi connectivity index (χ3n) is 4.05. The quantitative estimate of drug-likeness (QED) is 0.782. The van der Waals surface area contributed by atoms with Crippen LogP contribution >= 0.6 is 0 Å². The molecule has 20 heavy (non-hydrogen) atoms. The summed E-state index contributed by atoms with van der Waals surface area (Å²) in [6.45, 7) is 9.16. The maximum Gasteiger partial charge on any atom is 0.213 e. The van der Waals surface area contributed by atoms with Crippen LogP contribution in [-0.2, 0) is 6.54 Å². The minimum absolute atomic E-state index is 0.436. The summed E-state index contributed by atoms with van der Waals surface area (Å²) < 4.78 is 5.88. The van der Waals surface area contributed by atoms with Gasteiger partial charge in [0.15, 0.2) is 0 Å². The Morgan fingerprint density at radius 2 is 2.15 bits per heavy atom. The third-order valence-corrected chi connectivity index (χ3v) is 4.05. The molecule has 1 aromatic rings. The summed E-state index contributed by atoms with van der Waals surface area (Å²) in [5.41, 5.74) is 2.39. The van der Waals surface area contributed by atoms with Crippen molar-refractivity contribution < 1.29 is 4.74 Å². The van der Waals surface area contributed by atoms with E-state index >= 15 is 0 Å². The van der Waals surface area contributed by atoms with E-state index < -0.39 is 0 Å². The first-order valence-electron chi connectivity index (χ1n) is 8.03. The molecular weight excluding hydrogens is 248 g/mol. The predicted molar refractivity (Wildman–Crippen MR) is 83.2 cm³/mol. The van der Waals surface area contributed by atoms with Crippen LogP contribution in [0.3, 0.4) is 0 Å². The third kappa shape index (κ3) is 4.48. The van der Waals surface area contributed by atoms with Gasteiger partial charge in [0.25, 0.3) is 0 Å². The van der Waals surface area contributed by atoms with Gasteiger partial charge in [0.2, 0.25) is 5.88 Å². The van der Waals surface area contributed by atoms with E-state index in [4.69, 9.17) is 4.74 Å². The maximum absolute atomic E-state index is 5.88. The van der Waals surface area contributed by atoms with Gasteiger partial charge in [0.05, 0.1) is 6.61 Å². The van der Waals surface area contributed by atoms with Gasteiger partial charge in [-0.05, 0) is 36.4 Å². The standard InChI is InChI=1S/C17H28N2O/c1-4-18-12-15-10-16(13(2)3)19-17(11-15)20-9-8-14-6-5-7-14/h10-11,13-14,18H,4-9,12H2,1-3H3. The number of rotatable bonds is 8. The lowest BCUT2D eigenvalue weighted by Crippen LogP contribution is -2.15. The average molecular weight is 276 g/mol. The Bertz CT molecular complexity index is 413. The van der Waals surface area contributed by atoms with Gasteiger partial charge in [-0.3, -0.25) is 0 Å². The van der Waals surface area contributed by atoms with Crippen LogP contribution in [-0.4, -0.2) is 18.1 Å². The molecule has 1 saturated carbocycles. The number of ether oxygens (including phenoxy) is 1. The molecule has 1 aliphatic rings. The molecule has 1 heterocycles. The minimum atomic E-state index is 0.436. The SMILES string of the molecule is CCNCc1cc(OCCC2CCC2)nc(C(C)C)c1. The predicted octanol–water partition coefficient (Wildman–Crippen LogP) is 3.88. The molecule has 0 amide bonds. The zero-order valence-corrected chi connectivity index (χ0v) is 13.1. The number of pyridine rings is 1. The van der Waals surface area contributed by atoms with Crippen LogP contribution in [0, 0.1) is 5.92 Å². The number of aromatic nitrogens is 1. The zero-order chi connectivity index (χ0) is 14.4. The van der Waals surface area contributed by atoms with Crippen LogP contribution in [0.4, 0.5) is 0 Å². The van der Waals surface area contributed by atoms with Gasteiger partial charge < -0.3 is 10.1 Å². The normalized spacial score (nSPS) is 15.4. The highest BCUT2D eigenvalue weighted by Crippen LogP contribution is 2.29. The van der Waals surface area contributed by atoms with E-state index in [0.29, 0.717) is 5.92 Å². The minimum Gasteiger partial charge on any atom is -0.478 e. The topological polar surface area (TPSA) is 34.1 Å². The van der Waals surface area contributed by atoms with Gasteiger partial charge in [0, 0.05) is 18.3 Å². The van der Waals surface area contributed by atoms with Crippen molar-refractivity contribution in [3.05, 3.63) is 23.4 Å². The van der Waals surface area contributed by atoms with E-state index in [1.807, 2.05) is 0 Å². The fourth-order valence-corrected chi connectivity index (χ4v) is 2.43. The van der Waals surface area contributed by atoms with Crippen LogP contribution in [0.15, 0.2) is 12.1 Å². The highest BCUT2D eigenvalue weighted by molar-refractivity contribution is 5.26. The smallest absolute Gasteiger partial charge is 0.213 e. The first-order valence-corrected chi connectivity index (χ1v) is 8.03. The Labute approximate surface area is 123 Å². The van der Waals surface area contributed by atoms with Crippen LogP contribution in [0.25, 0.3) is 0 Å². The van der Waals surface area contributed by atoms with Gasteiger partial charge in [0.1, 0.15) is 0 Å². The summed E-state index contributed by atoms with van der Waals surface area (Å²) in [4.78, 5) is 4.63. The Hall–Kier alpha value is -1.09. The van der Waals surface area contributed by atoms with E-state index in [-0.39, 0.29) is 0 Å². The number of hydrogen-bond donors (Lipinski definition) is 1. The average Bonchev–Trinajstić information content (AvgIpc) is 2.39. The molecule has 0 aromatic carbocycles. The summed E-state index contributed by atoms with van der Waals surface area (Å²) in [5.74, 6) is 2.12. The number of hydrogen-bond acceptors (Lipinski definition) is 3. The zero-order valence-electron chi connectivity index (χ0n) is 13.1. The van der Waals surface area contributed by atoms with Crippen LogP contribution < -0.4 is 10.1 Å². The summed E-state index contributed by atoms with van der Waals surface area (Å²) in [7, 11) is 0. The molecule has 0 saturated heterocycles. The molecule has 0 spiro atoms. The highest BCUT2D eigenvalue weighted by atomic mass is 16.5. The molecular formula is C17H28N2O. The van der Waals surface area contributed by atoms with Crippen molar-refractivity contribution in [2.75, 3.05) is 13.2 Å². The second-order valence-electron chi connectivity index (χ2n) is 6.11. The number of nitrogens with zero attached hydrogens (tertiary/aromatic N) is 1. The van der Waals surface area contributed by atoms with Crippen LogP contribution in [0.2, 0.25) is 0 Å². The van der Waals surface area contributed by atoms with E-state index in [9.17, 15) is 0 Å². The van der Waals surface area contributed by atoms with Gasteiger partial charge in [-0.1, -0.05) is 40.0 Å². The second-order valence-corrected chi connectivity index (χ2v) is 6.11. The molecule has 0 bridgehead atoms. The van der Waals surface area contributed by atoms with Gasteiger partial charge in [-0.15, -0.1) is 0 Å². The maximum atomic E-state index is 5.88. The largest absolute Gasteiger partial charge is 0.478 e. The molecule has 112 valence electrons. The van der Waals surface area contributed by atoms with Gasteiger partial charge in [-0.25, -0.2) is 4.98 Å². The Morgan fingerprint density at radius 1 is 1.35 bits per heavy atom. The fraction of sp³-hybridized carbons (Fsp3) is 0.706. The molecule has 1 aromatic heterocycles. The lowest BCUT2D eigenvalue weighted by atomic mass is 9.83. The summed E-state index contributed by atoms with van der Waals surface area (Å²) >= 11 is 0. The Balaban J connectivity index is 1.95. The van der Waals surface area contributed by atoms with Crippen LogP contribution in [0.5, 0.6) is 5.88 Å². The summed E-state index contributed by atoms with van der Waals surface area (Å²) in [6, 6.07) is 4.27. The molecule has 0 atom stereocenters. The molecule has 0 radical (unpaired) electrons. The van der Waals surface area contributed by atoms with Crippen molar-refractivity contribution in [2.45, 2.75) is 58.9 Å². The van der Waals surface area contributed by atoms with Crippen molar-refractivity contribution in [1.82, 2.24) is 10.3 Å². The molecule has 1 aliphatic carbocycles. The second kappa shape index (κ2) is 7.63. The molecule has 1 N–H and O–H groups in total. The van der Waals surface area contributed by atoms with E-state index in [1.165, 1.54) is 31.2 Å². The monoisotopic (exact) mass is 276 g/mol. The van der Waals surface area contributed by atoms with Crippen LogP contribution in [0.1, 0.15) is 63.6 Å². The first kappa shape index (κ1) is 15.3. The number of nitrogens with one attached hydrogen (secondary N) is 1. The lowest BCUT2D eigenvalue weighted by molar-refractivity contribution is 0.217. The Kier molecular flexibility index (Phi) is 5.84. The molecule has 3 heteroatoms. The van der Waals surface area contributed by atoms with E-state index in [0.717, 1.165) is 37.2 Å². The van der Waals surface area contributed by atoms with Crippen molar-refractivity contribution in [3.63, 3.8) is 0 Å². The fourth-order valence-electron chi connectivity index (χ4n) is 2.43. The van der Waals surface area contributed by atoms with Gasteiger partial charge >= 0.3 is 0 Å². The highest BCUT2D eigenvalue weighted by Gasteiger charge is 2.17.